The van der Waals surface area contributed by atoms with Crippen LogP contribution in [-0.2, 0) is 76.7 Å². The second kappa shape index (κ2) is 49.2. The van der Waals surface area contributed by atoms with Crippen LogP contribution in [0.25, 0.3) is 0 Å². The molecule has 4 unspecified atom stereocenters. The molecule has 0 aromatic heterocycles. The van der Waals surface area contributed by atoms with Crippen LogP contribution in [0.15, 0.2) is 0 Å². The molecule has 32 heteroatoms. The minimum Gasteiger partial charge on any atom is -0.369 e. The lowest BCUT2D eigenvalue weighted by atomic mass is 9.96. The average molecular weight is 1440 g/mol. The normalized spacial score (nSPS) is 15.4. The molecule has 4 saturated carbocycles. The van der Waals surface area contributed by atoms with Crippen molar-refractivity contribution in [2.75, 3.05) is 78.5 Å². The van der Waals surface area contributed by atoms with Gasteiger partial charge in [0.25, 0.3) is 0 Å². The maximum absolute atomic E-state index is 13.2. The molecule has 6 atom stereocenters. The fourth-order valence-electron chi connectivity index (χ4n) is 12.3. The number of nitrogens with zero attached hydrogens (tertiary/aromatic N) is 2. The molecular formula is C70H120N16O16. The number of nitrogens with one attached hydrogen (secondary N) is 10. The molecule has 0 aromatic rings. The molecule has 4 aliphatic rings. The van der Waals surface area contributed by atoms with E-state index in [0.717, 1.165) is 61.2 Å². The van der Waals surface area contributed by atoms with E-state index in [2.05, 4.69) is 53.2 Å². The second-order valence-corrected chi connectivity index (χ2v) is 27.8. The van der Waals surface area contributed by atoms with Crippen LogP contribution in [0.3, 0.4) is 0 Å². The van der Waals surface area contributed by atoms with Crippen LogP contribution >= 0.6 is 0 Å². The first-order valence-corrected chi connectivity index (χ1v) is 36.9. The Kier molecular flexibility index (Phi) is 42.3. The lowest BCUT2D eigenvalue weighted by molar-refractivity contribution is -0.139. The van der Waals surface area contributed by atoms with Gasteiger partial charge < -0.3 is 85.9 Å². The monoisotopic (exact) mass is 1440 g/mol. The highest BCUT2D eigenvalue weighted by atomic mass is 16.2. The minimum atomic E-state index is -0.826. The molecule has 0 aromatic carbocycles. The number of amides is 16. The van der Waals surface area contributed by atoms with Crippen LogP contribution in [0, 0.1) is 47.3 Å². The third kappa shape index (κ3) is 40.8. The third-order valence-corrected chi connectivity index (χ3v) is 18.6. The molecular weight excluding hydrogens is 1320 g/mol. The zero-order chi connectivity index (χ0) is 75.5. The molecule has 18 N–H and O–H groups in total. The van der Waals surface area contributed by atoms with E-state index < -0.39 is 59.3 Å². The number of unbranched alkanes of at least 4 members (excludes halogenated alkanes) is 6. The summed E-state index contributed by atoms with van der Waals surface area (Å²) in [6.07, 6.45) is 18.8. The number of rotatable bonds is 56. The van der Waals surface area contributed by atoms with Crippen molar-refractivity contribution in [2.45, 2.75) is 220 Å². The number of carbonyl (C=O) groups excluding carboxylic acids is 16. The quantitative estimate of drug-likeness (QED) is 0.0340. The van der Waals surface area contributed by atoms with Gasteiger partial charge in [0.1, 0.15) is 38.3 Å². The minimum absolute atomic E-state index is 0.0799. The number of nitrogens with two attached hydrogens (primary N) is 4. The number of hydrogen-bond donors (Lipinski definition) is 14. The lowest BCUT2D eigenvalue weighted by Gasteiger charge is -2.23. The van der Waals surface area contributed by atoms with Crippen molar-refractivity contribution in [3.05, 3.63) is 0 Å². The van der Waals surface area contributed by atoms with Crippen LogP contribution in [0.2, 0.25) is 0 Å². The molecule has 4 fully saturated rings. The van der Waals surface area contributed by atoms with Crippen molar-refractivity contribution in [3.63, 3.8) is 0 Å². The molecule has 0 bridgehead atoms. The molecule has 0 aliphatic heterocycles. The second-order valence-electron chi connectivity index (χ2n) is 27.8. The summed E-state index contributed by atoms with van der Waals surface area (Å²) in [4.78, 5) is 198. The van der Waals surface area contributed by atoms with Crippen molar-refractivity contribution in [1.82, 2.24) is 63.0 Å². The largest absolute Gasteiger partial charge is 0.369 e. The Balaban J connectivity index is 0.000000530. The van der Waals surface area contributed by atoms with Crippen molar-refractivity contribution in [1.29, 1.82) is 0 Å². The van der Waals surface area contributed by atoms with Gasteiger partial charge in [-0.2, -0.15) is 0 Å². The summed E-state index contributed by atoms with van der Waals surface area (Å²) < 4.78 is 0. The van der Waals surface area contributed by atoms with E-state index in [1.54, 1.807) is 0 Å². The first-order valence-electron chi connectivity index (χ1n) is 36.9. The molecule has 576 valence electrons. The molecule has 0 heterocycles. The fourth-order valence-corrected chi connectivity index (χ4v) is 12.3. The Morgan fingerprint density at radius 3 is 0.725 bits per heavy atom. The van der Waals surface area contributed by atoms with Gasteiger partial charge in [-0.15, -0.1) is 0 Å². The Bertz CT molecular complexity index is 2490. The highest BCUT2D eigenvalue weighted by Gasteiger charge is 2.37. The highest BCUT2D eigenvalue weighted by Crippen LogP contribution is 2.41. The van der Waals surface area contributed by atoms with Crippen LogP contribution in [-0.4, -0.2) is 195 Å². The van der Waals surface area contributed by atoms with E-state index in [0.29, 0.717) is 179 Å². The van der Waals surface area contributed by atoms with Gasteiger partial charge in [-0.05, 0) is 165 Å². The molecule has 0 spiro atoms. The van der Waals surface area contributed by atoms with E-state index in [9.17, 15) is 76.7 Å². The Hall–Kier alpha value is -8.48. The molecule has 4 aliphatic carbocycles. The molecule has 16 amide bonds. The predicted molar refractivity (Wildman–Crippen MR) is 378 cm³/mol. The van der Waals surface area contributed by atoms with Crippen molar-refractivity contribution in [2.24, 2.45) is 70.3 Å². The zero-order valence-electron chi connectivity index (χ0n) is 60.8. The summed E-state index contributed by atoms with van der Waals surface area (Å²) in [5, 5.41) is 27.0. The average Bonchev–Trinajstić information content (AvgIpc) is 1.72. The van der Waals surface area contributed by atoms with E-state index in [4.69, 9.17) is 22.9 Å². The van der Waals surface area contributed by atoms with Gasteiger partial charge >= 0.3 is 0 Å². The Morgan fingerprint density at radius 1 is 0.294 bits per heavy atom. The summed E-state index contributed by atoms with van der Waals surface area (Å²) in [6, 6.07) is -1.65. The van der Waals surface area contributed by atoms with Crippen LogP contribution in [0.1, 0.15) is 207 Å². The van der Waals surface area contributed by atoms with Gasteiger partial charge in [0.05, 0.1) is 0 Å². The molecule has 0 radical (unpaired) electrons. The van der Waals surface area contributed by atoms with Crippen LogP contribution < -0.4 is 76.1 Å². The molecule has 4 rings (SSSR count). The molecule has 0 saturated heterocycles. The number of primary amides is 4. The van der Waals surface area contributed by atoms with Gasteiger partial charge in [-0.3, -0.25) is 76.7 Å². The number of carbonyl (C=O) groups is 16. The Morgan fingerprint density at radius 2 is 0.520 bits per heavy atom. The van der Waals surface area contributed by atoms with Crippen molar-refractivity contribution < 1.29 is 76.7 Å². The van der Waals surface area contributed by atoms with E-state index in [1.165, 1.54) is 27.7 Å². The summed E-state index contributed by atoms with van der Waals surface area (Å²) in [5.41, 5.74) is 22.1. The topological polar surface area (TPSA) is 504 Å². The van der Waals surface area contributed by atoms with Gasteiger partial charge in [0.2, 0.25) is 94.5 Å². The van der Waals surface area contributed by atoms with Gasteiger partial charge in [-0.1, -0.05) is 25.7 Å². The van der Waals surface area contributed by atoms with Crippen LogP contribution in [0.5, 0.6) is 0 Å². The van der Waals surface area contributed by atoms with E-state index in [1.807, 2.05) is 0 Å². The smallest absolute Gasteiger partial charge is 0.242 e. The van der Waals surface area contributed by atoms with Crippen molar-refractivity contribution in [3.8, 4) is 0 Å². The SMILES string of the molecule is CC(=O)NCCCC[C@H](NC(C)=O)C(=O)NCCC(=O)N(CC(=O)NCCCCC(C(N)=O)C1CC1)CC(=O)NCCCCC(C(N)=O)C1CC1.CC(=O)NCCCC[C@H](NC(C)=O)C(=O)NCCC(=O)N(CC(=O)NCCCCC(C(N)=O)C1CC1)CC(=O)NCCCCC(C(N)=O)C1CC1. The summed E-state index contributed by atoms with van der Waals surface area (Å²) in [5.74, 6) is -5.13. The maximum atomic E-state index is 13.2. The van der Waals surface area contributed by atoms with Gasteiger partial charge in [0, 0.05) is 117 Å². The highest BCUT2D eigenvalue weighted by molar-refractivity contribution is 5.92. The van der Waals surface area contributed by atoms with Crippen LogP contribution in [0.4, 0.5) is 0 Å². The maximum Gasteiger partial charge on any atom is 0.242 e. The van der Waals surface area contributed by atoms with Gasteiger partial charge in [-0.25, -0.2) is 0 Å². The van der Waals surface area contributed by atoms with E-state index in [-0.39, 0.29) is 123 Å². The summed E-state index contributed by atoms with van der Waals surface area (Å²) >= 11 is 0. The fraction of sp³-hybridized carbons (Fsp3) is 0.771. The lowest BCUT2D eigenvalue weighted by Crippen LogP contribution is -2.48. The Labute approximate surface area is 600 Å². The predicted octanol–water partition coefficient (Wildman–Crippen LogP) is -0.543. The summed E-state index contributed by atoms with van der Waals surface area (Å²) in [6.45, 7) is 6.04. The summed E-state index contributed by atoms with van der Waals surface area (Å²) in [7, 11) is 0. The van der Waals surface area contributed by atoms with E-state index >= 15 is 0 Å². The molecule has 32 nitrogen and oxygen atoms in total. The first kappa shape index (κ1) is 87.7. The third-order valence-electron chi connectivity index (χ3n) is 18.6. The van der Waals surface area contributed by atoms with Crippen molar-refractivity contribution >= 4 is 94.5 Å². The first-order chi connectivity index (χ1) is 48.6. The molecule has 102 heavy (non-hydrogen) atoms. The standard InChI is InChI=1S/2C35H60N8O8/c2*1-23(44)38-17-8-5-11-29(42-24(2)45)35(51)41-20-16-32(48)43(21-30(46)39-18-6-3-9-27(33(36)49)25-12-13-25)22-31(47)40-19-7-4-10-28(34(37)50)26-14-15-26/h2*25-29H,3-22H2,1-2H3,(H2,36,49)(H2,37,50)(H,38,44)(H,39,46)(H,40,47)(H,41,51)(H,42,45)/t2*27?,28?,29-/m00/s1. The zero-order valence-corrected chi connectivity index (χ0v) is 60.8. The van der Waals surface area contributed by atoms with Gasteiger partial charge in [0.15, 0.2) is 0 Å². The number of hydrogen-bond acceptors (Lipinski definition) is 16.